The van der Waals surface area contributed by atoms with Crippen molar-refractivity contribution in [3.63, 3.8) is 0 Å². The van der Waals surface area contributed by atoms with Crippen molar-refractivity contribution in [2.24, 2.45) is 5.41 Å². The van der Waals surface area contributed by atoms with E-state index in [1.807, 2.05) is 19.1 Å². The van der Waals surface area contributed by atoms with Gasteiger partial charge in [0, 0.05) is 22.6 Å². The lowest BCUT2D eigenvalue weighted by molar-refractivity contribution is 0.0842. The van der Waals surface area contributed by atoms with Crippen LogP contribution in [0.5, 0.6) is 0 Å². The number of nitrogens with zero attached hydrogens (tertiary/aromatic N) is 2. The summed E-state index contributed by atoms with van der Waals surface area (Å²) in [6.07, 6.45) is 5.89. The maximum absolute atomic E-state index is 13.1. The summed E-state index contributed by atoms with van der Waals surface area (Å²) in [6.45, 7) is 3.54. The number of nitriles is 1. The van der Waals surface area contributed by atoms with Gasteiger partial charge in [-0.2, -0.15) is 5.26 Å². The number of carbonyl (C=O) groups is 1. The molecule has 3 rings (SSSR count). The monoisotopic (exact) mass is 356 g/mol. The van der Waals surface area contributed by atoms with Gasteiger partial charge < -0.3 is 0 Å². The fraction of sp³-hybridized carbons (Fsp3) is 0.368. The Hall–Kier alpha value is -2.39. The van der Waals surface area contributed by atoms with Crippen LogP contribution in [0.3, 0.4) is 0 Å². The standard InChI is InChI=1S/C19H20N2O3S/c1-4-5-8-13-11-19(2,12-20)18(22)16-14-9-6-7-10-15(14)21(17(13)16)25(3,23)24/h4-7,9-10,13H,8,11H2,1-3H3. The lowest BCUT2D eigenvalue weighted by atomic mass is 9.69. The summed E-state index contributed by atoms with van der Waals surface area (Å²) in [5, 5.41) is 10.2. The van der Waals surface area contributed by atoms with E-state index < -0.39 is 15.4 Å². The molecule has 0 bridgehead atoms. The zero-order valence-corrected chi connectivity index (χ0v) is 15.3. The number of hydrogen-bond donors (Lipinski definition) is 0. The first-order valence-corrected chi connectivity index (χ1v) is 10.0. The Kier molecular flexibility index (Phi) is 4.08. The van der Waals surface area contributed by atoms with E-state index in [-0.39, 0.29) is 11.7 Å². The summed E-state index contributed by atoms with van der Waals surface area (Å²) in [5.41, 5.74) is 0.243. The molecule has 0 amide bonds. The van der Waals surface area contributed by atoms with Gasteiger partial charge in [-0.25, -0.2) is 12.4 Å². The quantitative estimate of drug-likeness (QED) is 0.787. The Bertz CT molecular complexity index is 1040. The third kappa shape index (κ3) is 2.59. The minimum atomic E-state index is -3.60. The van der Waals surface area contributed by atoms with E-state index in [4.69, 9.17) is 0 Å². The Morgan fingerprint density at radius 2 is 2.08 bits per heavy atom. The predicted octanol–water partition coefficient (Wildman–Crippen LogP) is 3.62. The van der Waals surface area contributed by atoms with Gasteiger partial charge in [0.1, 0.15) is 5.41 Å². The van der Waals surface area contributed by atoms with E-state index >= 15 is 0 Å². The fourth-order valence-corrected chi connectivity index (χ4v) is 4.86. The zero-order valence-electron chi connectivity index (χ0n) is 14.5. The number of hydrogen-bond acceptors (Lipinski definition) is 4. The Labute approximate surface area is 147 Å². The van der Waals surface area contributed by atoms with Crippen LogP contribution >= 0.6 is 0 Å². The minimum Gasteiger partial charge on any atom is -0.292 e. The molecule has 2 aromatic rings. The molecule has 0 N–H and O–H groups in total. The molecule has 6 heteroatoms. The van der Waals surface area contributed by atoms with Gasteiger partial charge in [-0.1, -0.05) is 30.4 Å². The smallest absolute Gasteiger partial charge is 0.236 e. The molecule has 1 aliphatic rings. The molecule has 0 spiro atoms. The van der Waals surface area contributed by atoms with Crippen molar-refractivity contribution < 1.29 is 13.2 Å². The number of aromatic nitrogens is 1. The van der Waals surface area contributed by atoms with Crippen molar-refractivity contribution in [1.82, 2.24) is 3.97 Å². The lowest BCUT2D eigenvalue weighted by Gasteiger charge is -2.32. The molecule has 2 atom stereocenters. The summed E-state index contributed by atoms with van der Waals surface area (Å²) in [5.74, 6) is -0.504. The van der Waals surface area contributed by atoms with Crippen LogP contribution in [0.15, 0.2) is 36.4 Å². The summed E-state index contributed by atoms with van der Waals surface area (Å²) in [6, 6.07) is 9.15. The molecule has 2 unspecified atom stereocenters. The highest BCUT2D eigenvalue weighted by Gasteiger charge is 2.46. The van der Waals surface area contributed by atoms with Gasteiger partial charge in [-0.05, 0) is 32.8 Å². The van der Waals surface area contributed by atoms with Crippen molar-refractivity contribution in [3.05, 3.63) is 47.7 Å². The maximum Gasteiger partial charge on any atom is 0.236 e. The molecular weight excluding hydrogens is 336 g/mol. The number of para-hydroxylation sites is 1. The summed E-state index contributed by atoms with van der Waals surface area (Å²) in [7, 11) is -3.60. The highest BCUT2D eigenvalue weighted by molar-refractivity contribution is 7.89. The van der Waals surface area contributed by atoms with Gasteiger partial charge in [0.2, 0.25) is 10.0 Å². The highest BCUT2D eigenvalue weighted by Crippen LogP contribution is 2.47. The van der Waals surface area contributed by atoms with Crippen molar-refractivity contribution in [1.29, 1.82) is 5.26 Å². The second-order valence-electron chi connectivity index (χ2n) is 6.78. The third-order valence-corrected chi connectivity index (χ3v) is 5.93. The van der Waals surface area contributed by atoms with Gasteiger partial charge in [0.05, 0.1) is 17.8 Å². The number of Topliss-reactive ketones (excluding diaryl/α,β-unsaturated/α-hetero) is 1. The summed E-state index contributed by atoms with van der Waals surface area (Å²) >= 11 is 0. The van der Waals surface area contributed by atoms with E-state index in [1.165, 1.54) is 3.97 Å². The topological polar surface area (TPSA) is 79.9 Å². The molecule has 1 heterocycles. The molecular formula is C19H20N2O3S. The number of benzene rings is 1. The lowest BCUT2D eigenvalue weighted by Crippen LogP contribution is -2.35. The van der Waals surface area contributed by atoms with Gasteiger partial charge >= 0.3 is 0 Å². The van der Waals surface area contributed by atoms with E-state index in [1.54, 1.807) is 31.2 Å². The third-order valence-electron chi connectivity index (χ3n) is 4.87. The van der Waals surface area contributed by atoms with Crippen molar-refractivity contribution in [3.8, 4) is 6.07 Å². The van der Waals surface area contributed by atoms with Crippen LogP contribution in [-0.2, 0) is 10.0 Å². The van der Waals surface area contributed by atoms with Crippen LogP contribution in [-0.4, -0.2) is 24.4 Å². The number of fused-ring (bicyclic) bond motifs is 3. The first-order chi connectivity index (χ1) is 11.7. The van der Waals surface area contributed by atoms with Crippen LogP contribution in [0, 0.1) is 16.7 Å². The van der Waals surface area contributed by atoms with E-state index in [9.17, 15) is 18.5 Å². The summed E-state index contributed by atoms with van der Waals surface area (Å²) < 4.78 is 26.3. The molecule has 1 aromatic heterocycles. The molecule has 0 saturated heterocycles. The SMILES string of the molecule is CC=CCC1CC(C)(C#N)C(=O)c2c1n(S(C)(=O)=O)c1ccccc21. The van der Waals surface area contributed by atoms with Crippen LogP contribution in [0.4, 0.5) is 0 Å². The average molecular weight is 356 g/mol. The van der Waals surface area contributed by atoms with Gasteiger partial charge in [-0.15, -0.1) is 0 Å². The van der Waals surface area contributed by atoms with Crippen LogP contribution in [0.2, 0.25) is 0 Å². The van der Waals surface area contributed by atoms with Crippen LogP contribution < -0.4 is 0 Å². The van der Waals surface area contributed by atoms with E-state index in [2.05, 4.69) is 6.07 Å². The van der Waals surface area contributed by atoms with Crippen LogP contribution in [0.1, 0.15) is 48.7 Å². The Morgan fingerprint density at radius 3 is 2.68 bits per heavy atom. The molecule has 130 valence electrons. The number of carbonyl (C=O) groups excluding carboxylic acids is 1. The molecule has 0 radical (unpaired) electrons. The summed E-state index contributed by atoms with van der Waals surface area (Å²) in [4.78, 5) is 13.1. The normalized spacial score (nSPS) is 23.8. The Balaban J connectivity index is 2.46. The molecule has 25 heavy (non-hydrogen) atoms. The van der Waals surface area contributed by atoms with E-state index in [0.29, 0.717) is 35.0 Å². The average Bonchev–Trinajstić information content (AvgIpc) is 2.92. The van der Waals surface area contributed by atoms with Gasteiger partial charge in [0.15, 0.2) is 5.78 Å². The largest absolute Gasteiger partial charge is 0.292 e. The molecule has 0 fully saturated rings. The van der Waals surface area contributed by atoms with E-state index in [0.717, 1.165) is 6.26 Å². The van der Waals surface area contributed by atoms with Crippen LogP contribution in [0.25, 0.3) is 10.9 Å². The van der Waals surface area contributed by atoms with Crippen molar-refractivity contribution in [2.75, 3.05) is 6.26 Å². The second-order valence-corrected chi connectivity index (χ2v) is 8.61. The van der Waals surface area contributed by atoms with Crippen molar-refractivity contribution in [2.45, 2.75) is 32.6 Å². The fourth-order valence-electron chi connectivity index (χ4n) is 3.75. The highest BCUT2D eigenvalue weighted by atomic mass is 32.2. The first kappa shape index (κ1) is 17.4. The predicted molar refractivity (Wildman–Crippen MR) is 97.0 cm³/mol. The Morgan fingerprint density at radius 1 is 1.40 bits per heavy atom. The number of allylic oxidation sites excluding steroid dienone is 2. The zero-order chi connectivity index (χ0) is 18.4. The number of ketones is 1. The molecule has 1 aliphatic carbocycles. The minimum absolute atomic E-state index is 0.212. The van der Waals surface area contributed by atoms with Gasteiger partial charge in [-0.3, -0.25) is 4.79 Å². The molecule has 1 aromatic carbocycles. The van der Waals surface area contributed by atoms with Crippen molar-refractivity contribution >= 4 is 26.7 Å². The molecule has 0 saturated carbocycles. The number of rotatable bonds is 3. The maximum atomic E-state index is 13.1. The second kappa shape index (κ2) is 5.85. The molecule has 5 nitrogen and oxygen atoms in total. The van der Waals surface area contributed by atoms with Gasteiger partial charge in [0.25, 0.3) is 0 Å². The molecule has 0 aliphatic heterocycles. The first-order valence-electron chi connectivity index (χ1n) is 8.15.